The summed E-state index contributed by atoms with van der Waals surface area (Å²) in [5.74, 6) is -0.257. The van der Waals surface area contributed by atoms with E-state index in [0.29, 0.717) is 11.7 Å². The van der Waals surface area contributed by atoms with Crippen LogP contribution < -0.4 is 4.90 Å². The highest BCUT2D eigenvalue weighted by atomic mass is 32.1. The fourth-order valence-electron chi connectivity index (χ4n) is 3.43. The van der Waals surface area contributed by atoms with Gasteiger partial charge in [-0.1, -0.05) is 77.2 Å². The summed E-state index contributed by atoms with van der Waals surface area (Å²) in [5, 5.41) is 8.95. The number of fused-ring (bicyclic) bond motifs is 1. The molecule has 0 saturated heterocycles. The van der Waals surface area contributed by atoms with E-state index in [2.05, 4.69) is 10.3 Å². The molecule has 152 valence electrons. The summed E-state index contributed by atoms with van der Waals surface area (Å²) in [5.41, 5.74) is 3.99. The van der Waals surface area contributed by atoms with Crippen molar-refractivity contribution >= 4 is 38.3 Å². The predicted molar refractivity (Wildman–Crippen MR) is 123 cm³/mol. The summed E-state index contributed by atoms with van der Waals surface area (Å²) >= 11 is 1.48. The van der Waals surface area contributed by atoms with Crippen molar-refractivity contribution in [3.05, 3.63) is 102 Å². The molecule has 0 bridgehead atoms. The number of carbonyl (C=O) groups is 1. The highest BCUT2D eigenvalue weighted by Crippen LogP contribution is 2.35. The molecular formula is C24H19N5OS. The van der Waals surface area contributed by atoms with Crippen molar-refractivity contribution in [3.8, 4) is 0 Å². The second-order valence-corrected chi connectivity index (χ2v) is 8.19. The number of thiazole rings is 1. The molecule has 0 atom stereocenters. The van der Waals surface area contributed by atoms with Crippen molar-refractivity contribution in [2.75, 3.05) is 4.90 Å². The Labute approximate surface area is 183 Å². The molecule has 6 nitrogen and oxygen atoms in total. The molecule has 0 aliphatic heterocycles. The van der Waals surface area contributed by atoms with E-state index in [0.717, 1.165) is 27.0 Å². The molecule has 0 N–H and O–H groups in total. The monoisotopic (exact) mass is 425 g/mol. The summed E-state index contributed by atoms with van der Waals surface area (Å²) in [4.78, 5) is 20.0. The van der Waals surface area contributed by atoms with E-state index in [9.17, 15) is 4.79 Å². The van der Waals surface area contributed by atoms with Gasteiger partial charge in [0.1, 0.15) is 0 Å². The smallest absolute Gasteiger partial charge is 0.266 e. The molecule has 0 aliphatic rings. The van der Waals surface area contributed by atoms with Crippen molar-refractivity contribution in [1.82, 2.24) is 20.0 Å². The number of rotatable bonds is 5. The van der Waals surface area contributed by atoms with Crippen LogP contribution in [0.4, 0.5) is 10.8 Å². The van der Waals surface area contributed by atoms with E-state index < -0.39 is 0 Å². The molecule has 3 aromatic carbocycles. The molecule has 0 radical (unpaired) electrons. The Kier molecular flexibility index (Phi) is 5.01. The van der Waals surface area contributed by atoms with Crippen LogP contribution in [0.25, 0.3) is 10.2 Å². The molecule has 0 fully saturated rings. The largest absolute Gasteiger partial charge is 0.286 e. The van der Waals surface area contributed by atoms with E-state index >= 15 is 0 Å². The number of benzene rings is 3. The number of hydrogen-bond donors (Lipinski definition) is 0. The molecule has 0 spiro atoms. The van der Waals surface area contributed by atoms with Crippen LogP contribution >= 0.6 is 11.3 Å². The SMILES string of the molecule is Cc1ccccc1N(C(=O)c1cn(Cc2ccccc2)nn1)c1nc2ccccc2s1. The standard InChI is InChI=1S/C24H19N5OS/c1-17-9-5-7-13-21(17)29(24-25-19-12-6-8-14-22(19)31-24)23(30)20-16-28(27-26-20)15-18-10-3-2-4-11-18/h2-14,16H,15H2,1H3. The Morgan fingerprint density at radius 3 is 2.52 bits per heavy atom. The van der Waals surface area contributed by atoms with Gasteiger partial charge in [0.15, 0.2) is 10.8 Å². The number of para-hydroxylation sites is 2. The lowest BCUT2D eigenvalue weighted by molar-refractivity contribution is 0.0994. The van der Waals surface area contributed by atoms with Gasteiger partial charge in [-0.15, -0.1) is 5.10 Å². The maximum absolute atomic E-state index is 13.6. The molecule has 5 aromatic rings. The molecular weight excluding hydrogens is 406 g/mol. The predicted octanol–water partition coefficient (Wildman–Crippen LogP) is 5.22. The van der Waals surface area contributed by atoms with E-state index in [1.165, 1.54) is 11.3 Å². The Balaban J connectivity index is 1.54. The van der Waals surface area contributed by atoms with Gasteiger partial charge in [0.05, 0.1) is 28.6 Å². The molecule has 0 unspecified atom stereocenters. The third kappa shape index (κ3) is 3.83. The third-order valence-electron chi connectivity index (χ3n) is 4.98. The lowest BCUT2D eigenvalue weighted by atomic mass is 10.2. The molecule has 2 heterocycles. The first-order valence-corrected chi connectivity index (χ1v) is 10.7. The van der Waals surface area contributed by atoms with Crippen LogP contribution in [0, 0.1) is 6.92 Å². The van der Waals surface area contributed by atoms with Crippen LogP contribution in [0.5, 0.6) is 0 Å². The zero-order chi connectivity index (χ0) is 21.2. The van der Waals surface area contributed by atoms with Crippen molar-refractivity contribution in [1.29, 1.82) is 0 Å². The molecule has 0 saturated carbocycles. The number of carbonyl (C=O) groups excluding carboxylic acids is 1. The van der Waals surface area contributed by atoms with Crippen molar-refractivity contribution < 1.29 is 4.79 Å². The Morgan fingerprint density at radius 1 is 0.968 bits per heavy atom. The van der Waals surface area contributed by atoms with Crippen LogP contribution in [-0.4, -0.2) is 25.9 Å². The first-order valence-electron chi connectivity index (χ1n) is 9.89. The zero-order valence-electron chi connectivity index (χ0n) is 16.8. The van der Waals surface area contributed by atoms with Gasteiger partial charge >= 0.3 is 0 Å². The highest BCUT2D eigenvalue weighted by Gasteiger charge is 2.26. The van der Waals surface area contributed by atoms with Crippen LogP contribution in [0.3, 0.4) is 0 Å². The molecule has 31 heavy (non-hydrogen) atoms. The average Bonchev–Trinajstić information content (AvgIpc) is 3.43. The number of hydrogen-bond acceptors (Lipinski definition) is 5. The topological polar surface area (TPSA) is 63.9 Å². The van der Waals surface area contributed by atoms with Crippen molar-refractivity contribution in [3.63, 3.8) is 0 Å². The van der Waals surface area contributed by atoms with Gasteiger partial charge in [0.25, 0.3) is 5.91 Å². The summed E-state index contributed by atoms with van der Waals surface area (Å²) in [6.45, 7) is 2.53. The number of aryl methyl sites for hydroxylation is 1. The zero-order valence-corrected chi connectivity index (χ0v) is 17.7. The van der Waals surface area contributed by atoms with Crippen molar-refractivity contribution in [2.24, 2.45) is 0 Å². The fraction of sp³-hybridized carbons (Fsp3) is 0.0833. The summed E-state index contributed by atoms with van der Waals surface area (Å²) in [6, 6.07) is 25.6. The average molecular weight is 426 g/mol. The van der Waals surface area contributed by atoms with Crippen LogP contribution in [0.2, 0.25) is 0 Å². The maximum atomic E-state index is 13.6. The number of nitrogens with zero attached hydrogens (tertiary/aromatic N) is 5. The molecule has 7 heteroatoms. The van der Waals surface area contributed by atoms with E-state index in [1.807, 2.05) is 85.8 Å². The molecule has 2 aromatic heterocycles. The summed E-state index contributed by atoms with van der Waals surface area (Å²) < 4.78 is 2.70. The third-order valence-corrected chi connectivity index (χ3v) is 6.00. The molecule has 0 aliphatic carbocycles. The Morgan fingerprint density at radius 2 is 1.71 bits per heavy atom. The van der Waals surface area contributed by atoms with Gasteiger partial charge in [-0.25, -0.2) is 9.67 Å². The second-order valence-electron chi connectivity index (χ2n) is 7.18. The number of amides is 1. The molecule has 1 amide bonds. The lowest BCUT2D eigenvalue weighted by Gasteiger charge is -2.20. The van der Waals surface area contributed by atoms with Crippen LogP contribution in [0.1, 0.15) is 21.6 Å². The lowest BCUT2D eigenvalue weighted by Crippen LogP contribution is -2.27. The number of anilines is 2. The van der Waals surface area contributed by atoms with E-state index in [-0.39, 0.29) is 11.6 Å². The highest BCUT2D eigenvalue weighted by molar-refractivity contribution is 7.22. The summed E-state index contributed by atoms with van der Waals surface area (Å²) in [6.07, 6.45) is 1.69. The Hall–Kier alpha value is -3.84. The first-order chi connectivity index (χ1) is 15.2. The van der Waals surface area contributed by atoms with Gasteiger partial charge in [0.2, 0.25) is 0 Å². The Bertz CT molecular complexity index is 1330. The maximum Gasteiger partial charge on any atom is 0.286 e. The quantitative estimate of drug-likeness (QED) is 0.387. The van der Waals surface area contributed by atoms with Gasteiger partial charge in [-0.3, -0.25) is 9.69 Å². The van der Waals surface area contributed by atoms with Gasteiger partial charge in [-0.05, 0) is 36.2 Å². The van der Waals surface area contributed by atoms with Crippen LogP contribution in [-0.2, 0) is 6.54 Å². The summed E-state index contributed by atoms with van der Waals surface area (Å²) in [7, 11) is 0. The van der Waals surface area contributed by atoms with Gasteiger partial charge < -0.3 is 0 Å². The fourth-order valence-corrected chi connectivity index (χ4v) is 4.41. The van der Waals surface area contributed by atoms with Gasteiger partial charge in [-0.2, -0.15) is 0 Å². The van der Waals surface area contributed by atoms with Crippen LogP contribution in [0.15, 0.2) is 85.1 Å². The van der Waals surface area contributed by atoms with Crippen molar-refractivity contribution in [2.45, 2.75) is 13.5 Å². The van der Waals surface area contributed by atoms with E-state index in [4.69, 9.17) is 4.98 Å². The minimum atomic E-state index is -0.257. The minimum Gasteiger partial charge on any atom is -0.266 e. The van der Waals surface area contributed by atoms with E-state index in [1.54, 1.807) is 15.8 Å². The first kappa shape index (κ1) is 19.1. The second kappa shape index (κ2) is 8.12. The minimum absolute atomic E-state index is 0.257. The van der Waals surface area contributed by atoms with Gasteiger partial charge in [0, 0.05) is 0 Å². The normalized spacial score (nSPS) is 11.0. The molecule has 5 rings (SSSR count). The number of aromatic nitrogens is 4.